The van der Waals surface area contributed by atoms with Crippen molar-refractivity contribution in [3.8, 4) is 0 Å². The molecule has 0 atom stereocenters. The molecule has 0 saturated heterocycles. The van der Waals surface area contributed by atoms with Crippen LogP contribution in [0.1, 0.15) is 24.2 Å². The van der Waals surface area contributed by atoms with Gasteiger partial charge in [0.25, 0.3) is 0 Å². The van der Waals surface area contributed by atoms with Crippen molar-refractivity contribution in [3.63, 3.8) is 0 Å². The Bertz CT molecular complexity index is 574. The smallest absolute Gasteiger partial charge is 0.337 e. The van der Waals surface area contributed by atoms with Crippen molar-refractivity contribution in [2.75, 3.05) is 11.9 Å². The molecule has 2 amide bonds. The van der Waals surface area contributed by atoms with Gasteiger partial charge in [0.05, 0.1) is 11.3 Å². The van der Waals surface area contributed by atoms with E-state index in [1.165, 1.54) is 6.07 Å². The monoisotopic (exact) mass is 418 g/mol. The van der Waals surface area contributed by atoms with Gasteiger partial charge in [-0.05, 0) is 41.9 Å². The third-order valence-corrected chi connectivity index (χ3v) is 3.81. The minimum Gasteiger partial charge on any atom is -0.478 e. The molecule has 0 unspecified atom stereocenters. The minimum absolute atomic E-state index is 0.00640. The first kappa shape index (κ1) is 17.7. The fourth-order valence-corrected chi connectivity index (χ4v) is 3.04. The molecule has 1 rings (SSSR count). The normalized spacial score (nSPS) is 10.3. The van der Waals surface area contributed by atoms with E-state index < -0.39 is 5.97 Å². The van der Waals surface area contributed by atoms with Crippen LogP contribution in [0.25, 0.3) is 0 Å². The van der Waals surface area contributed by atoms with Crippen LogP contribution in [0.4, 0.5) is 10.5 Å². The quantitative estimate of drug-likeness (QED) is 0.697. The maximum atomic E-state index is 12.3. The van der Waals surface area contributed by atoms with E-state index in [0.717, 1.165) is 0 Å². The van der Waals surface area contributed by atoms with E-state index in [1.807, 2.05) is 13.8 Å². The number of carboxylic acids is 1. The molecule has 0 radical (unpaired) electrons. The fourth-order valence-electron chi connectivity index (χ4n) is 1.72. The van der Waals surface area contributed by atoms with E-state index in [-0.39, 0.29) is 23.3 Å². The van der Waals surface area contributed by atoms with Gasteiger partial charge in [0, 0.05) is 21.5 Å². The van der Waals surface area contributed by atoms with Crippen molar-refractivity contribution in [2.45, 2.75) is 19.9 Å². The lowest BCUT2D eigenvalue weighted by Gasteiger charge is -2.26. The molecule has 0 aromatic heterocycles. The number of amides is 2. The molecule has 0 aliphatic rings. The molecule has 0 heterocycles. The standard InChI is InChI=1S/C14H16Br2N2O3/c1-4-5-18(8(2)3)14(21)17-12-10(13(19)20)6-9(15)7-11(12)16/h4,6-8H,1,5H2,2-3H3,(H,17,21)(H,19,20). The van der Waals surface area contributed by atoms with Crippen LogP contribution in [0.15, 0.2) is 33.7 Å². The van der Waals surface area contributed by atoms with Crippen LogP contribution in [0.3, 0.4) is 0 Å². The number of rotatable bonds is 5. The highest BCUT2D eigenvalue weighted by molar-refractivity contribution is 9.11. The first-order valence-electron chi connectivity index (χ1n) is 6.18. The summed E-state index contributed by atoms with van der Waals surface area (Å²) in [7, 11) is 0. The number of urea groups is 1. The molecule has 114 valence electrons. The Morgan fingerprint density at radius 2 is 2.05 bits per heavy atom. The van der Waals surface area contributed by atoms with Gasteiger partial charge < -0.3 is 15.3 Å². The molecule has 1 aromatic carbocycles. The summed E-state index contributed by atoms with van der Waals surface area (Å²) >= 11 is 6.50. The fraction of sp³-hybridized carbons (Fsp3) is 0.286. The van der Waals surface area contributed by atoms with Gasteiger partial charge in [0.15, 0.2) is 0 Å². The van der Waals surface area contributed by atoms with E-state index >= 15 is 0 Å². The number of halogens is 2. The van der Waals surface area contributed by atoms with E-state index in [1.54, 1.807) is 17.0 Å². The second kappa shape index (κ2) is 7.61. The van der Waals surface area contributed by atoms with E-state index in [0.29, 0.717) is 15.5 Å². The number of carbonyl (C=O) groups excluding carboxylic acids is 1. The van der Waals surface area contributed by atoms with Crippen molar-refractivity contribution < 1.29 is 14.7 Å². The van der Waals surface area contributed by atoms with Crippen LogP contribution >= 0.6 is 31.9 Å². The topological polar surface area (TPSA) is 69.6 Å². The summed E-state index contributed by atoms with van der Waals surface area (Å²) in [5, 5.41) is 11.9. The van der Waals surface area contributed by atoms with Crippen molar-refractivity contribution in [3.05, 3.63) is 39.3 Å². The van der Waals surface area contributed by atoms with Gasteiger partial charge in [-0.1, -0.05) is 22.0 Å². The van der Waals surface area contributed by atoms with Crippen LogP contribution in [0, 0.1) is 0 Å². The Balaban J connectivity index is 3.15. The summed E-state index contributed by atoms with van der Waals surface area (Å²) in [5.41, 5.74) is 0.234. The summed E-state index contributed by atoms with van der Waals surface area (Å²) in [4.78, 5) is 25.2. The zero-order chi connectivity index (χ0) is 16.2. The Kier molecular flexibility index (Phi) is 6.42. The third-order valence-electron chi connectivity index (χ3n) is 2.73. The van der Waals surface area contributed by atoms with Crippen LogP contribution in [0.2, 0.25) is 0 Å². The van der Waals surface area contributed by atoms with Crippen LogP contribution < -0.4 is 5.32 Å². The number of nitrogens with one attached hydrogen (secondary N) is 1. The average Bonchev–Trinajstić information content (AvgIpc) is 2.37. The Morgan fingerprint density at radius 3 is 2.52 bits per heavy atom. The van der Waals surface area contributed by atoms with Crippen molar-refractivity contribution in [1.82, 2.24) is 4.90 Å². The van der Waals surface area contributed by atoms with E-state index in [4.69, 9.17) is 0 Å². The number of anilines is 1. The van der Waals surface area contributed by atoms with Gasteiger partial charge in [-0.2, -0.15) is 0 Å². The lowest BCUT2D eigenvalue weighted by Crippen LogP contribution is -2.40. The predicted molar refractivity (Wildman–Crippen MR) is 89.9 cm³/mol. The average molecular weight is 420 g/mol. The lowest BCUT2D eigenvalue weighted by atomic mass is 10.2. The van der Waals surface area contributed by atoms with Gasteiger partial charge in [-0.15, -0.1) is 6.58 Å². The number of nitrogens with zero attached hydrogens (tertiary/aromatic N) is 1. The van der Waals surface area contributed by atoms with Crippen molar-refractivity contribution in [2.24, 2.45) is 0 Å². The number of carbonyl (C=O) groups is 2. The van der Waals surface area contributed by atoms with Crippen molar-refractivity contribution >= 4 is 49.5 Å². The summed E-state index contributed by atoms with van der Waals surface area (Å²) in [6.45, 7) is 7.74. The van der Waals surface area contributed by atoms with Gasteiger partial charge in [-0.3, -0.25) is 0 Å². The Labute approximate surface area is 140 Å². The van der Waals surface area contributed by atoms with Crippen LogP contribution in [0.5, 0.6) is 0 Å². The molecular weight excluding hydrogens is 404 g/mol. The molecule has 0 aliphatic carbocycles. The van der Waals surface area contributed by atoms with E-state index in [9.17, 15) is 14.7 Å². The maximum Gasteiger partial charge on any atom is 0.337 e. The zero-order valence-electron chi connectivity index (χ0n) is 11.7. The number of hydrogen-bond donors (Lipinski definition) is 2. The largest absolute Gasteiger partial charge is 0.478 e. The minimum atomic E-state index is -1.12. The molecule has 1 aromatic rings. The highest BCUT2D eigenvalue weighted by Gasteiger charge is 2.21. The van der Waals surface area contributed by atoms with E-state index in [2.05, 4.69) is 43.8 Å². The molecular formula is C14H16Br2N2O3. The molecule has 5 nitrogen and oxygen atoms in total. The molecule has 21 heavy (non-hydrogen) atoms. The number of benzene rings is 1. The molecule has 0 spiro atoms. The highest BCUT2D eigenvalue weighted by Crippen LogP contribution is 2.31. The number of hydrogen-bond acceptors (Lipinski definition) is 2. The third kappa shape index (κ3) is 4.57. The molecule has 0 saturated carbocycles. The first-order chi connectivity index (χ1) is 9.77. The van der Waals surface area contributed by atoms with Crippen LogP contribution in [-0.2, 0) is 0 Å². The summed E-state index contributed by atoms with van der Waals surface area (Å²) in [6.07, 6.45) is 1.62. The Hall–Kier alpha value is -1.34. The summed E-state index contributed by atoms with van der Waals surface area (Å²) < 4.78 is 1.10. The molecule has 0 bridgehead atoms. The van der Waals surface area contributed by atoms with Gasteiger partial charge in [0.2, 0.25) is 0 Å². The molecule has 0 aliphatic heterocycles. The lowest BCUT2D eigenvalue weighted by molar-refractivity contribution is 0.0698. The highest BCUT2D eigenvalue weighted by atomic mass is 79.9. The first-order valence-corrected chi connectivity index (χ1v) is 7.77. The zero-order valence-corrected chi connectivity index (χ0v) is 14.9. The second-order valence-electron chi connectivity index (χ2n) is 4.58. The van der Waals surface area contributed by atoms with Gasteiger partial charge in [0.1, 0.15) is 0 Å². The van der Waals surface area contributed by atoms with Gasteiger partial charge in [-0.25, -0.2) is 9.59 Å². The number of aromatic carboxylic acids is 1. The predicted octanol–water partition coefficient (Wildman–Crippen LogP) is 4.34. The SMILES string of the molecule is C=CCN(C(=O)Nc1c(Br)cc(Br)cc1C(=O)O)C(C)C. The number of carboxylic acid groups (broad SMARTS) is 1. The molecule has 0 fully saturated rings. The molecule has 7 heteroatoms. The summed E-state index contributed by atoms with van der Waals surface area (Å²) in [5.74, 6) is -1.12. The Morgan fingerprint density at radius 1 is 1.43 bits per heavy atom. The summed E-state index contributed by atoms with van der Waals surface area (Å²) in [6, 6.07) is 2.70. The van der Waals surface area contributed by atoms with Crippen LogP contribution in [-0.4, -0.2) is 34.6 Å². The molecule has 2 N–H and O–H groups in total. The van der Waals surface area contributed by atoms with Gasteiger partial charge >= 0.3 is 12.0 Å². The van der Waals surface area contributed by atoms with Crippen molar-refractivity contribution in [1.29, 1.82) is 0 Å². The second-order valence-corrected chi connectivity index (χ2v) is 6.35. The maximum absolute atomic E-state index is 12.3.